The van der Waals surface area contributed by atoms with Gasteiger partial charge in [-0.25, -0.2) is 0 Å². The van der Waals surface area contributed by atoms with Crippen LogP contribution in [0.1, 0.15) is 15.9 Å². The first-order chi connectivity index (χ1) is 9.81. The second kappa shape index (κ2) is 7.65. The van der Waals surface area contributed by atoms with Crippen LogP contribution in [0.25, 0.3) is 0 Å². The van der Waals surface area contributed by atoms with Gasteiger partial charge in [0, 0.05) is 16.5 Å². The second-order valence-corrected chi connectivity index (χ2v) is 4.80. The molecule has 0 atom stereocenters. The number of hydrogen-bond donors (Lipinski definition) is 0. The lowest BCUT2D eigenvalue weighted by Gasteiger charge is -2.05. The third kappa shape index (κ3) is 4.07. The number of alkyl halides is 1. The Morgan fingerprint density at radius 3 is 2.25 bits per heavy atom. The summed E-state index contributed by atoms with van der Waals surface area (Å²) in [6.07, 6.45) is 3.92. The molecule has 20 heavy (non-hydrogen) atoms. The first kappa shape index (κ1) is 14.5. The number of rotatable bonds is 6. The number of halogens is 1. The summed E-state index contributed by atoms with van der Waals surface area (Å²) >= 11 is 3.30. The van der Waals surface area contributed by atoms with Crippen molar-refractivity contribution in [1.82, 2.24) is 0 Å². The molecule has 0 aromatic heterocycles. The minimum absolute atomic E-state index is 0.0244. The van der Waals surface area contributed by atoms with Crippen LogP contribution in [0.5, 0.6) is 5.75 Å². The minimum Gasteiger partial charge on any atom is -0.490 e. The van der Waals surface area contributed by atoms with Gasteiger partial charge in [-0.3, -0.25) is 4.79 Å². The Labute approximate surface area is 127 Å². The smallest absolute Gasteiger partial charge is 0.193 e. The molecule has 102 valence electrons. The highest BCUT2D eigenvalue weighted by molar-refractivity contribution is 9.09. The molecule has 2 aromatic carbocycles. The second-order valence-electron chi connectivity index (χ2n) is 4.16. The monoisotopic (exact) mass is 330 g/mol. The molecule has 2 aromatic rings. The van der Waals surface area contributed by atoms with Gasteiger partial charge in [-0.1, -0.05) is 58.4 Å². The number of carbonyl (C=O) groups is 1. The minimum atomic E-state index is 0.0244. The number of ether oxygens (including phenoxy) is 1. The fourth-order valence-corrected chi connectivity index (χ4v) is 2.00. The zero-order chi connectivity index (χ0) is 14.2. The Bertz CT molecular complexity index is 574. The number of ketones is 1. The fraction of sp³-hybridized carbons (Fsp3) is 0.118. The zero-order valence-corrected chi connectivity index (χ0v) is 12.5. The predicted octanol–water partition coefficient (Wildman–Crippen LogP) is 4.25. The van der Waals surface area contributed by atoms with Crippen LogP contribution in [0.3, 0.4) is 0 Å². The summed E-state index contributed by atoms with van der Waals surface area (Å²) in [6.45, 7) is 0.525. The summed E-state index contributed by atoms with van der Waals surface area (Å²) in [5, 5.41) is 0.820. The lowest BCUT2D eigenvalue weighted by Crippen LogP contribution is -2.01. The van der Waals surface area contributed by atoms with Crippen LogP contribution in [0.15, 0.2) is 66.7 Å². The van der Waals surface area contributed by atoms with E-state index < -0.39 is 0 Å². The summed E-state index contributed by atoms with van der Waals surface area (Å²) in [7, 11) is 0. The molecule has 0 amide bonds. The van der Waals surface area contributed by atoms with E-state index in [9.17, 15) is 4.79 Å². The van der Waals surface area contributed by atoms with E-state index in [4.69, 9.17) is 4.74 Å². The van der Waals surface area contributed by atoms with E-state index in [2.05, 4.69) is 15.9 Å². The van der Waals surface area contributed by atoms with Gasteiger partial charge in [0.1, 0.15) is 12.4 Å². The molecule has 0 radical (unpaired) electrons. The van der Waals surface area contributed by atoms with Gasteiger partial charge in [0.05, 0.1) is 0 Å². The van der Waals surface area contributed by atoms with Crippen LogP contribution in [0.2, 0.25) is 0 Å². The molecule has 0 saturated carbocycles. The third-order valence-corrected chi connectivity index (χ3v) is 3.13. The van der Waals surface area contributed by atoms with Crippen molar-refractivity contribution in [1.29, 1.82) is 0 Å². The molecule has 0 N–H and O–H groups in total. The molecule has 0 heterocycles. The molecule has 2 nitrogen and oxygen atoms in total. The molecule has 0 bridgehead atoms. The molecule has 3 heteroatoms. The molecule has 0 saturated heterocycles. The number of allylic oxidation sites excluding steroid dienone is 1. The molecule has 2 rings (SSSR count). The maximum atomic E-state index is 12.2. The van der Waals surface area contributed by atoms with Crippen LogP contribution < -0.4 is 4.74 Å². The van der Waals surface area contributed by atoms with Crippen molar-refractivity contribution in [2.45, 2.75) is 0 Å². The molecule has 0 aliphatic carbocycles. The van der Waals surface area contributed by atoms with E-state index in [1.54, 1.807) is 12.1 Å². The third-order valence-electron chi connectivity index (χ3n) is 2.75. The van der Waals surface area contributed by atoms with E-state index in [1.807, 2.05) is 54.6 Å². The van der Waals surface area contributed by atoms with Gasteiger partial charge < -0.3 is 4.74 Å². The lowest BCUT2D eigenvalue weighted by molar-refractivity contribution is 0.103. The van der Waals surface area contributed by atoms with Crippen LogP contribution in [-0.4, -0.2) is 17.7 Å². The molecular weight excluding hydrogens is 316 g/mol. The molecule has 0 aliphatic rings. The highest BCUT2D eigenvalue weighted by Gasteiger charge is 2.07. The molecule has 0 unspecified atom stereocenters. The van der Waals surface area contributed by atoms with Gasteiger partial charge in [0.2, 0.25) is 0 Å². The van der Waals surface area contributed by atoms with Crippen LogP contribution in [0.4, 0.5) is 0 Å². The normalized spacial score (nSPS) is 10.7. The fourth-order valence-electron chi connectivity index (χ4n) is 1.73. The van der Waals surface area contributed by atoms with Crippen LogP contribution in [-0.2, 0) is 0 Å². The van der Waals surface area contributed by atoms with E-state index in [0.29, 0.717) is 17.7 Å². The Balaban J connectivity index is 2.01. The summed E-state index contributed by atoms with van der Waals surface area (Å²) in [4.78, 5) is 12.2. The first-order valence-electron chi connectivity index (χ1n) is 6.35. The van der Waals surface area contributed by atoms with Crippen molar-refractivity contribution in [3.63, 3.8) is 0 Å². The highest BCUT2D eigenvalue weighted by atomic mass is 79.9. The standard InChI is InChI=1S/C17H15BrO2/c18-12-4-5-13-20-16-10-8-15(9-11-16)17(19)14-6-2-1-3-7-14/h1-11H,12-13H2/b5-4+. The Kier molecular flexibility index (Phi) is 5.56. The highest BCUT2D eigenvalue weighted by Crippen LogP contribution is 2.15. The number of hydrogen-bond acceptors (Lipinski definition) is 2. The van der Waals surface area contributed by atoms with Crippen molar-refractivity contribution >= 4 is 21.7 Å². The van der Waals surface area contributed by atoms with Crippen LogP contribution in [0, 0.1) is 0 Å². The van der Waals surface area contributed by atoms with Crippen molar-refractivity contribution in [3.8, 4) is 5.75 Å². The summed E-state index contributed by atoms with van der Waals surface area (Å²) in [5.41, 5.74) is 1.36. The topological polar surface area (TPSA) is 26.3 Å². The molecular formula is C17H15BrO2. The van der Waals surface area contributed by atoms with Crippen molar-refractivity contribution in [3.05, 3.63) is 77.9 Å². The Morgan fingerprint density at radius 2 is 1.60 bits per heavy atom. The van der Waals surface area contributed by atoms with E-state index in [1.165, 1.54) is 0 Å². The van der Waals surface area contributed by atoms with Crippen LogP contribution >= 0.6 is 15.9 Å². The average Bonchev–Trinajstić information content (AvgIpc) is 2.52. The molecule has 0 fully saturated rings. The zero-order valence-electron chi connectivity index (χ0n) is 11.0. The van der Waals surface area contributed by atoms with Gasteiger partial charge in [0.15, 0.2) is 5.78 Å². The Morgan fingerprint density at radius 1 is 0.950 bits per heavy atom. The van der Waals surface area contributed by atoms with E-state index in [-0.39, 0.29) is 5.78 Å². The summed E-state index contributed by atoms with van der Waals surface area (Å²) < 4.78 is 5.53. The summed E-state index contributed by atoms with van der Waals surface area (Å²) in [5.74, 6) is 0.783. The van der Waals surface area contributed by atoms with Gasteiger partial charge in [0.25, 0.3) is 0 Å². The maximum absolute atomic E-state index is 12.2. The maximum Gasteiger partial charge on any atom is 0.193 e. The van der Waals surface area contributed by atoms with Crippen molar-refractivity contribution in [2.75, 3.05) is 11.9 Å². The van der Waals surface area contributed by atoms with E-state index >= 15 is 0 Å². The van der Waals surface area contributed by atoms with Crippen molar-refractivity contribution < 1.29 is 9.53 Å². The van der Waals surface area contributed by atoms with Gasteiger partial charge in [-0.2, -0.15) is 0 Å². The quantitative estimate of drug-likeness (QED) is 0.449. The summed E-state index contributed by atoms with van der Waals surface area (Å²) in [6, 6.07) is 16.5. The predicted molar refractivity (Wildman–Crippen MR) is 84.7 cm³/mol. The lowest BCUT2D eigenvalue weighted by atomic mass is 10.0. The number of benzene rings is 2. The van der Waals surface area contributed by atoms with Crippen molar-refractivity contribution in [2.24, 2.45) is 0 Å². The van der Waals surface area contributed by atoms with E-state index in [0.717, 1.165) is 11.1 Å². The first-order valence-corrected chi connectivity index (χ1v) is 7.47. The molecule has 0 aliphatic heterocycles. The number of carbonyl (C=O) groups excluding carboxylic acids is 1. The largest absolute Gasteiger partial charge is 0.490 e. The van der Waals surface area contributed by atoms with Gasteiger partial charge in [-0.05, 0) is 24.3 Å². The van der Waals surface area contributed by atoms with Gasteiger partial charge >= 0.3 is 0 Å². The average molecular weight is 331 g/mol. The SMILES string of the molecule is O=C(c1ccccc1)c1ccc(OC/C=C/CBr)cc1. The van der Waals surface area contributed by atoms with Gasteiger partial charge in [-0.15, -0.1) is 0 Å². The molecule has 0 spiro atoms. The Hall–Kier alpha value is -1.87.